The average Bonchev–Trinajstić information content (AvgIpc) is 3.37. The van der Waals surface area contributed by atoms with E-state index in [0.29, 0.717) is 17.1 Å². The maximum atomic E-state index is 13.6. The van der Waals surface area contributed by atoms with Crippen molar-refractivity contribution in [2.24, 2.45) is 5.41 Å². The molecule has 1 spiro atoms. The number of hydrogen-bond donors (Lipinski definition) is 1. The number of piperazine rings is 1. The summed E-state index contributed by atoms with van der Waals surface area (Å²) in [5, 5.41) is 20.0. The highest BCUT2D eigenvalue weighted by Crippen LogP contribution is 2.66. The van der Waals surface area contributed by atoms with Crippen molar-refractivity contribution in [2.45, 2.75) is 35.5 Å². The zero-order valence-corrected chi connectivity index (χ0v) is 17.5. The first-order valence-corrected chi connectivity index (χ1v) is 11.4. The molecule has 1 aromatic rings. The summed E-state index contributed by atoms with van der Waals surface area (Å²) in [7, 11) is 0.572. The van der Waals surface area contributed by atoms with E-state index < -0.39 is 30.7 Å². The van der Waals surface area contributed by atoms with E-state index in [0.717, 1.165) is 0 Å². The molecule has 2 amide bonds. The maximum Gasteiger partial charge on any atom is 0.261 e. The fourth-order valence-corrected chi connectivity index (χ4v) is 8.73. The van der Waals surface area contributed by atoms with Crippen LogP contribution in [0.2, 0.25) is 0 Å². The first-order chi connectivity index (χ1) is 13.8. The lowest BCUT2D eigenvalue weighted by Crippen LogP contribution is -2.60. The van der Waals surface area contributed by atoms with Gasteiger partial charge in [0.1, 0.15) is 0 Å². The van der Waals surface area contributed by atoms with Crippen LogP contribution < -0.4 is 9.47 Å². The maximum absolute atomic E-state index is 13.6. The third-order valence-corrected chi connectivity index (χ3v) is 10.9. The molecule has 4 aliphatic rings. The number of benzene rings is 1. The largest absolute Gasteiger partial charge is 0.454 e. The molecule has 4 aliphatic heterocycles. The summed E-state index contributed by atoms with van der Waals surface area (Å²) in [6.07, 6.45) is 0.252. The summed E-state index contributed by atoms with van der Waals surface area (Å²) in [6, 6.07) is 6.93. The van der Waals surface area contributed by atoms with E-state index >= 15 is 0 Å². The van der Waals surface area contributed by atoms with Crippen molar-refractivity contribution in [1.82, 2.24) is 9.80 Å². The van der Waals surface area contributed by atoms with Crippen LogP contribution in [0.25, 0.3) is 0 Å². The Morgan fingerprint density at radius 1 is 1.34 bits per heavy atom. The van der Waals surface area contributed by atoms with Crippen molar-refractivity contribution in [3.05, 3.63) is 23.8 Å². The smallest absolute Gasteiger partial charge is 0.261 e. The monoisotopic (exact) mass is 433 g/mol. The van der Waals surface area contributed by atoms with Gasteiger partial charge in [-0.15, -0.1) is 0 Å². The van der Waals surface area contributed by atoms with Crippen LogP contribution in [0.1, 0.15) is 31.4 Å². The van der Waals surface area contributed by atoms with Crippen molar-refractivity contribution in [1.29, 1.82) is 5.26 Å². The summed E-state index contributed by atoms with van der Waals surface area (Å²) in [5.41, 5.74) is -0.460. The molecule has 0 radical (unpaired) electrons. The molecule has 5 rings (SSSR count). The van der Waals surface area contributed by atoms with Gasteiger partial charge in [0, 0.05) is 20.1 Å². The van der Waals surface area contributed by atoms with Crippen molar-refractivity contribution in [3.63, 3.8) is 0 Å². The van der Waals surface area contributed by atoms with Crippen LogP contribution >= 0.6 is 0 Å². The van der Waals surface area contributed by atoms with Crippen molar-refractivity contribution in [3.8, 4) is 17.6 Å². The predicted molar refractivity (Wildman–Crippen MR) is 105 cm³/mol. The summed E-state index contributed by atoms with van der Waals surface area (Å²) in [4.78, 5) is 27.6. The van der Waals surface area contributed by atoms with E-state index in [9.17, 15) is 20.0 Å². The fraction of sp³-hybridized carbons (Fsp3) is 0.526. The lowest BCUT2D eigenvalue weighted by atomic mass is 9.75. The standard InChI is InChI=1S/C19H19N3O5S2/c1-17-15(24)22-14(11-3-4-12-13(7-11)27-10-26-12)18(9-20,5-6-23)8-19(22,29(17)28)16(25)21(17)2/h3-4,7,14,23H,5-6,8,10H2,1-2H3/t14-,17+,18+,19-,29?/m0/s1. The lowest BCUT2D eigenvalue weighted by Gasteiger charge is -2.40. The average molecular weight is 434 g/mol. The predicted octanol–water partition coefficient (Wildman–Crippen LogP) is 0.559. The highest BCUT2D eigenvalue weighted by atomic mass is 32.8. The highest BCUT2D eigenvalue weighted by Gasteiger charge is 2.81. The second-order valence-corrected chi connectivity index (χ2v) is 11.0. The fourth-order valence-electron chi connectivity index (χ4n) is 5.25. The van der Waals surface area contributed by atoms with Gasteiger partial charge in [-0.2, -0.15) is 5.26 Å². The number of hydrogen-bond acceptors (Lipinski definition) is 7. The Bertz CT molecular complexity index is 1040. The van der Waals surface area contributed by atoms with E-state index in [4.69, 9.17) is 20.7 Å². The number of rotatable bonds is 3. The number of carbonyl (C=O) groups excluding carboxylic acids is 2. The van der Waals surface area contributed by atoms with Crippen LogP contribution in [0, 0.1) is 16.7 Å². The van der Waals surface area contributed by atoms with E-state index in [1.54, 1.807) is 37.1 Å². The van der Waals surface area contributed by atoms with E-state index in [2.05, 4.69) is 6.07 Å². The quantitative estimate of drug-likeness (QED) is 0.743. The SMILES string of the molecule is CN1C(=O)[C@@]23C[C@@](C#N)(CCO)[C@H](c4ccc5c(c4)OCO5)N2C(=O)[C@@]1(C)S3=S. The number of carbonyl (C=O) groups is 2. The van der Waals surface area contributed by atoms with Gasteiger partial charge in [0.25, 0.3) is 11.8 Å². The Kier molecular flexibility index (Phi) is 3.68. The number of fused-ring (bicyclic) bond motifs is 2. The van der Waals surface area contributed by atoms with Gasteiger partial charge in [-0.3, -0.25) is 9.59 Å². The zero-order chi connectivity index (χ0) is 20.8. The molecular formula is C19H19N3O5S2. The first kappa shape index (κ1) is 18.8. The van der Waals surface area contributed by atoms with Crippen LogP contribution in [-0.4, -0.2) is 56.9 Å². The summed E-state index contributed by atoms with van der Waals surface area (Å²) < 4.78 is 10.9. The van der Waals surface area contributed by atoms with Crippen LogP contribution in [0.4, 0.5) is 0 Å². The Morgan fingerprint density at radius 2 is 2.07 bits per heavy atom. The number of likely N-dealkylation sites (N-methyl/N-ethyl adjacent to an activating group) is 1. The highest BCUT2D eigenvalue weighted by molar-refractivity contribution is 8.31. The first-order valence-electron chi connectivity index (χ1n) is 9.23. The molecule has 0 saturated carbocycles. The van der Waals surface area contributed by atoms with Gasteiger partial charge < -0.3 is 24.4 Å². The topological polar surface area (TPSA) is 103 Å². The molecule has 152 valence electrons. The molecule has 29 heavy (non-hydrogen) atoms. The molecule has 8 nitrogen and oxygen atoms in total. The van der Waals surface area contributed by atoms with Crippen LogP contribution in [0.5, 0.6) is 11.5 Å². The molecule has 5 atom stereocenters. The van der Waals surface area contributed by atoms with E-state index in [1.165, 1.54) is 4.90 Å². The molecule has 1 aromatic carbocycles. The van der Waals surface area contributed by atoms with Gasteiger partial charge in [-0.1, -0.05) is 15.5 Å². The van der Waals surface area contributed by atoms with Gasteiger partial charge >= 0.3 is 0 Å². The number of ether oxygens (including phenoxy) is 2. The minimum Gasteiger partial charge on any atom is -0.454 e. The molecule has 1 N–H and O–H groups in total. The summed E-state index contributed by atoms with van der Waals surface area (Å²) in [5.74, 6) is 0.656. The van der Waals surface area contributed by atoms with Crippen LogP contribution in [-0.2, 0) is 30.2 Å². The van der Waals surface area contributed by atoms with Crippen LogP contribution in [0.15, 0.2) is 18.2 Å². The van der Waals surface area contributed by atoms with Gasteiger partial charge in [0.2, 0.25) is 6.79 Å². The normalized spacial score (nSPS) is 39.2. The molecule has 0 aromatic heterocycles. The van der Waals surface area contributed by atoms with Gasteiger partial charge in [-0.25, -0.2) is 0 Å². The molecule has 1 unspecified atom stereocenters. The third kappa shape index (κ3) is 1.89. The second-order valence-electron chi connectivity index (χ2n) is 8.01. The number of nitrogens with zero attached hydrogens (tertiary/aromatic N) is 3. The van der Waals surface area contributed by atoms with E-state index in [-0.39, 0.29) is 38.1 Å². The summed E-state index contributed by atoms with van der Waals surface area (Å²) in [6.45, 7) is 1.58. The molecular weight excluding hydrogens is 414 g/mol. The minimum atomic E-state index is -1.23. The number of amides is 2. The molecule has 2 bridgehead atoms. The third-order valence-electron chi connectivity index (χ3n) is 6.78. The Hall–Kier alpha value is -2.22. The number of aliphatic hydroxyl groups is 1. The van der Waals surface area contributed by atoms with Crippen molar-refractivity contribution >= 4 is 32.5 Å². The Labute approximate surface area is 174 Å². The van der Waals surface area contributed by atoms with Gasteiger partial charge in [0.05, 0.1) is 17.5 Å². The molecule has 3 saturated heterocycles. The Balaban J connectivity index is 1.75. The second kappa shape index (κ2) is 5.68. The van der Waals surface area contributed by atoms with Crippen molar-refractivity contribution < 1.29 is 24.2 Å². The number of aliphatic hydroxyl groups excluding tert-OH is 1. The van der Waals surface area contributed by atoms with Gasteiger partial charge in [-0.05, 0) is 42.2 Å². The molecule has 3 fully saturated rings. The lowest BCUT2D eigenvalue weighted by molar-refractivity contribution is -0.159. The number of nitriles is 1. The van der Waals surface area contributed by atoms with Crippen molar-refractivity contribution in [2.75, 3.05) is 20.4 Å². The van der Waals surface area contributed by atoms with Crippen LogP contribution in [0.3, 0.4) is 0 Å². The minimum absolute atomic E-state index is 0.104. The molecule has 10 heteroatoms. The van der Waals surface area contributed by atoms with Gasteiger partial charge in [0.15, 0.2) is 21.2 Å². The zero-order valence-electron chi connectivity index (χ0n) is 15.9. The molecule has 0 aliphatic carbocycles. The summed E-state index contributed by atoms with van der Waals surface area (Å²) >= 11 is 5.79. The van der Waals surface area contributed by atoms with E-state index in [1.807, 2.05) is 0 Å². The molecule has 4 heterocycles. The Morgan fingerprint density at radius 3 is 2.76 bits per heavy atom.